The van der Waals surface area contributed by atoms with Crippen LogP contribution in [0.1, 0.15) is 11.3 Å². The number of para-hydroxylation sites is 1. The lowest BCUT2D eigenvalue weighted by molar-refractivity contribution is 0.336. The molecule has 1 aliphatic heterocycles. The molecule has 6 nitrogen and oxygen atoms in total. The fraction of sp³-hybridized carbons (Fsp3) is 0.0714. The van der Waals surface area contributed by atoms with Crippen molar-refractivity contribution in [1.29, 1.82) is 0 Å². The molecule has 3 aromatic rings. The minimum absolute atomic E-state index is 0.179. The minimum atomic E-state index is -0.436. The lowest BCUT2D eigenvalue weighted by atomic mass is 9.98. The molecule has 7 heteroatoms. The van der Waals surface area contributed by atoms with Crippen molar-refractivity contribution in [2.24, 2.45) is 0 Å². The fourth-order valence-electron chi connectivity index (χ4n) is 2.48. The Balaban J connectivity index is 2.01. The third-order valence-electron chi connectivity index (χ3n) is 3.40. The van der Waals surface area contributed by atoms with E-state index in [2.05, 4.69) is 20.2 Å². The monoisotopic (exact) mass is 284 g/mol. The van der Waals surface area contributed by atoms with Crippen LogP contribution in [-0.4, -0.2) is 26.8 Å². The van der Waals surface area contributed by atoms with Crippen molar-refractivity contribution in [3.8, 4) is 5.75 Å². The lowest BCUT2D eigenvalue weighted by Gasteiger charge is -2.18. The van der Waals surface area contributed by atoms with E-state index in [-0.39, 0.29) is 17.9 Å². The molecule has 2 aromatic heterocycles. The molecule has 0 amide bonds. The molecule has 0 spiro atoms. The van der Waals surface area contributed by atoms with Crippen LogP contribution in [0.15, 0.2) is 35.4 Å². The lowest BCUT2D eigenvalue weighted by Crippen LogP contribution is -2.10. The molecule has 0 fully saturated rings. The van der Waals surface area contributed by atoms with Crippen molar-refractivity contribution in [3.05, 3.63) is 58.0 Å². The van der Waals surface area contributed by atoms with Gasteiger partial charge in [-0.3, -0.25) is 9.89 Å². The van der Waals surface area contributed by atoms with Gasteiger partial charge in [0.1, 0.15) is 12.0 Å². The molecule has 21 heavy (non-hydrogen) atoms. The normalized spacial score (nSPS) is 13.7. The Morgan fingerprint density at radius 3 is 3.14 bits per heavy atom. The zero-order chi connectivity index (χ0) is 14.4. The first-order valence-corrected chi connectivity index (χ1v) is 6.29. The maximum atomic E-state index is 13.8. The number of benzene rings is 1. The molecule has 0 atom stereocenters. The summed E-state index contributed by atoms with van der Waals surface area (Å²) in [6.07, 6.45) is 3.07. The van der Waals surface area contributed by atoms with Gasteiger partial charge in [0, 0.05) is 11.1 Å². The van der Waals surface area contributed by atoms with Crippen molar-refractivity contribution >= 4 is 16.6 Å². The van der Waals surface area contributed by atoms with Crippen LogP contribution in [0.5, 0.6) is 5.75 Å². The van der Waals surface area contributed by atoms with Gasteiger partial charge in [0.15, 0.2) is 17.2 Å². The summed E-state index contributed by atoms with van der Waals surface area (Å²) in [5.74, 6) is -0.257. The van der Waals surface area contributed by atoms with Gasteiger partial charge in [0.25, 0.3) is 5.56 Å². The van der Waals surface area contributed by atoms with Crippen LogP contribution in [0.3, 0.4) is 0 Å². The Morgan fingerprint density at radius 1 is 1.33 bits per heavy atom. The van der Waals surface area contributed by atoms with Crippen molar-refractivity contribution in [1.82, 2.24) is 20.2 Å². The SMILES string of the molecule is O=c1[nH]cnc2n[nH]c(C3=CCOc4c(F)cccc43)c12. The predicted octanol–water partition coefficient (Wildman–Crippen LogP) is 1.61. The van der Waals surface area contributed by atoms with Gasteiger partial charge < -0.3 is 9.72 Å². The van der Waals surface area contributed by atoms with E-state index in [0.29, 0.717) is 27.9 Å². The van der Waals surface area contributed by atoms with Gasteiger partial charge in [-0.25, -0.2) is 9.37 Å². The first-order valence-electron chi connectivity index (χ1n) is 6.29. The van der Waals surface area contributed by atoms with Gasteiger partial charge in [-0.1, -0.05) is 12.1 Å². The van der Waals surface area contributed by atoms with E-state index in [4.69, 9.17) is 4.74 Å². The van der Waals surface area contributed by atoms with Gasteiger partial charge in [-0.05, 0) is 12.1 Å². The molecule has 4 rings (SSSR count). The number of halogens is 1. The zero-order valence-electron chi connectivity index (χ0n) is 10.7. The smallest absolute Gasteiger partial charge is 0.262 e. The highest BCUT2D eigenvalue weighted by Gasteiger charge is 2.22. The van der Waals surface area contributed by atoms with Gasteiger partial charge in [-0.2, -0.15) is 5.10 Å². The summed E-state index contributed by atoms with van der Waals surface area (Å²) < 4.78 is 19.2. The molecule has 0 unspecified atom stereocenters. The molecule has 0 saturated carbocycles. The van der Waals surface area contributed by atoms with Crippen LogP contribution in [0.4, 0.5) is 4.39 Å². The van der Waals surface area contributed by atoms with E-state index < -0.39 is 5.82 Å². The van der Waals surface area contributed by atoms with E-state index in [0.717, 1.165) is 0 Å². The molecular weight excluding hydrogens is 275 g/mol. The number of hydrogen-bond donors (Lipinski definition) is 2. The first kappa shape index (κ1) is 11.8. The minimum Gasteiger partial charge on any atom is -0.486 e. The van der Waals surface area contributed by atoms with Crippen molar-refractivity contribution in [3.63, 3.8) is 0 Å². The van der Waals surface area contributed by atoms with E-state index in [9.17, 15) is 9.18 Å². The predicted molar refractivity (Wildman–Crippen MR) is 73.5 cm³/mol. The highest BCUT2D eigenvalue weighted by Crippen LogP contribution is 2.36. The highest BCUT2D eigenvalue weighted by atomic mass is 19.1. The Hall–Kier alpha value is -2.96. The number of rotatable bonds is 1. The molecule has 0 bridgehead atoms. The van der Waals surface area contributed by atoms with Gasteiger partial charge in [-0.15, -0.1) is 0 Å². The molecule has 104 valence electrons. The number of H-pyrrole nitrogens is 2. The quantitative estimate of drug-likeness (QED) is 0.711. The zero-order valence-corrected chi connectivity index (χ0v) is 10.7. The van der Waals surface area contributed by atoms with Gasteiger partial charge >= 0.3 is 0 Å². The Labute approximate surface area is 117 Å². The summed E-state index contributed by atoms with van der Waals surface area (Å²) in [6.45, 7) is 0.224. The van der Waals surface area contributed by atoms with Gasteiger partial charge in [0.2, 0.25) is 0 Å². The van der Waals surface area contributed by atoms with Crippen molar-refractivity contribution in [2.75, 3.05) is 6.61 Å². The number of nitrogens with one attached hydrogen (secondary N) is 2. The molecular formula is C14H9FN4O2. The molecule has 1 aromatic carbocycles. The number of hydrogen-bond acceptors (Lipinski definition) is 4. The standard InChI is InChI=1S/C14H9FN4O2/c15-9-3-1-2-8-7(4-5-21-12(8)9)11-10-13(19-18-11)16-6-17-14(10)20/h1-4,6H,5H2,(H2,16,17,18,19,20). The first-order chi connectivity index (χ1) is 10.3. The summed E-state index contributed by atoms with van der Waals surface area (Å²) in [5.41, 5.74) is 1.79. The Bertz CT molecular complexity index is 942. The number of aromatic amines is 2. The van der Waals surface area contributed by atoms with E-state index in [1.807, 2.05) is 0 Å². The second kappa shape index (κ2) is 4.27. The number of ether oxygens (including phenoxy) is 1. The molecule has 0 aliphatic carbocycles. The largest absolute Gasteiger partial charge is 0.486 e. The van der Waals surface area contributed by atoms with Crippen molar-refractivity contribution in [2.45, 2.75) is 0 Å². The summed E-state index contributed by atoms with van der Waals surface area (Å²) >= 11 is 0. The third-order valence-corrected chi connectivity index (χ3v) is 3.40. The highest BCUT2D eigenvalue weighted by molar-refractivity contribution is 5.94. The maximum absolute atomic E-state index is 13.8. The average Bonchev–Trinajstić information content (AvgIpc) is 2.92. The van der Waals surface area contributed by atoms with Crippen LogP contribution in [0.2, 0.25) is 0 Å². The average molecular weight is 284 g/mol. The molecule has 2 N–H and O–H groups in total. The van der Waals surface area contributed by atoms with E-state index in [1.54, 1.807) is 18.2 Å². The van der Waals surface area contributed by atoms with Crippen LogP contribution in [-0.2, 0) is 0 Å². The Morgan fingerprint density at radius 2 is 2.24 bits per heavy atom. The van der Waals surface area contributed by atoms with Crippen LogP contribution < -0.4 is 10.3 Å². The summed E-state index contributed by atoms with van der Waals surface area (Å²) in [7, 11) is 0. The fourth-order valence-corrected chi connectivity index (χ4v) is 2.48. The third kappa shape index (κ3) is 1.67. The second-order valence-electron chi connectivity index (χ2n) is 4.57. The second-order valence-corrected chi connectivity index (χ2v) is 4.57. The molecule has 3 heterocycles. The number of fused-ring (bicyclic) bond motifs is 2. The van der Waals surface area contributed by atoms with Gasteiger partial charge in [0.05, 0.1) is 12.0 Å². The molecule has 0 radical (unpaired) electrons. The summed E-state index contributed by atoms with van der Waals surface area (Å²) in [4.78, 5) is 18.5. The summed E-state index contributed by atoms with van der Waals surface area (Å²) in [5, 5.41) is 7.17. The number of nitrogens with zero attached hydrogens (tertiary/aromatic N) is 2. The number of aromatic nitrogens is 4. The van der Waals surface area contributed by atoms with Crippen LogP contribution in [0, 0.1) is 5.82 Å². The van der Waals surface area contributed by atoms with E-state index >= 15 is 0 Å². The van der Waals surface area contributed by atoms with Crippen LogP contribution in [0.25, 0.3) is 16.6 Å². The maximum Gasteiger partial charge on any atom is 0.262 e. The molecule has 0 saturated heterocycles. The topological polar surface area (TPSA) is 83.7 Å². The van der Waals surface area contributed by atoms with Crippen molar-refractivity contribution < 1.29 is 9.13 Å². The van der Waals surface area contributed by atoms with Crippen LogP contribution >= 0.6 is 0 Å². The van der Waals surface area contributed by atoms with E-state index in [1.165, 1.54) is 12.4 Å². The Kier molecular flexibility index (Phi) is 2.41. The molecule has 1 aliphatic rings. The summed E-state index contributed by atoms with van der Waals surface area (Å²) in [6, 6.07) is 4.67.